The molecule has 3 rings (SSSR count). The topological polar surface area (TPSA) is 130 Å². The number of amides is 1. The maximum atomic E-state index is 12.8. The van der Waals surface area contributed by atoms with Gasteiger partial charge < -0.3 is 15.5 Å². The first-order valence-corrected chi connectivity index (χ1v) is 8.09. The number of carbonyl (C=O) groups excluding carboxylic acids is 1. The number of hydrogen-bond donors (Lipinski definition) is 3. The zero-order chi connectivity index (χ0) is 20.3. The number of carboxylic acid groups (broad SMARTS) is 1. The van der Waals surface area contributed by atoms with Crippen molar-refractivity contribution in [3.63, 3.8) is 0 Å². The highest BCUT2D eigenvalue weighted by Crippen LogP contribution is 2.31. The van der Waals surface area contributed by atoms with E-state index in [0.717, 1.165) is 12.1 Å². The number of non-ortho nitro benzene ring substituents is 1. The number of aromatic carboxylic acids is 1. The van der Waals surface area contributed by atoms with Crippen molar-refractivity contribution in [2.75, 3.05) is 5.32 Å². The van der Waals surface area contributed by atoms with E-state index < -0.39 is 22.5 Å². The number of phenolic OH excluding ortho intramolecular Hbond substituents is 1. The minimum Gasteiger partial charge on any atom is -0.506 e. The molecule has 0 aliphatic heterocycles. The lowest BCUT2D eigenvalue weighted by atomic mass is 9.95. The van der Waals surface area contributed by atoms with E-state index in [1.165, 1.54) is 18.2 Å². The molecule has 3 N–H and O–H groups in total. The normalized spacial score (nSPS) is 10.3. The zero-order valence-corrected chi connectivity index (χ0v) is 14.3. The van der Waals surface area contributed by atoms with Gasteiger partial charge in [0, 0.05) is 11.6 Å². The van der Waals surface area contributed by atoms with Gasteiger partial charge in [0.25, 0.3) is 11.6 Å². The highest BCUT2D eigenvalue weighted by Gasteiger charge is 2.19. The Morgan fingerprint density at radius 3 is 2.04 bits per heavy atom. The first-order chi connectivity index (χ1) is 13.4. The van der Waals surface area contributed by atoms with Crippen LogP contribution in [-0.2, 0) is 0 Å². The molecule has 0 fully saturated rings. The molecule has 3 aromatic rings. The fraction of sp³-hybridized carbons (Fsp3) is 0. The van der Waals surface area contributed by atoms with Gasteiger partial charge in [-0.15, -0.1) is 0 Å². The van der Waals surface area contributed by atoms with Crippen LogP contribution in [0.25, 0.3) is 11.1 Å². The first-order valence-electron chi connectivity index (χ1n) is 8.09. The van der Waals surface area contributed by atoms with Crippen LogP contribution >= 0.6 is 0 Å². The number of carbonyl (C=O) groups is 2. The highest BCUT2D eigenvalue weighted by molar-refractivity contribution is 6.10. The Hall–Kier alpha value is -4.20. The van der Waals surface area contributed by atoms with E-state index in [2.05, 4.69) is 5.32 Å². The van der Waals surface area contributed by atoms with Gasteiger partial charge in [0.1, 0.15) is 5.75 Å². The van der Waals surface area contributed by atoms with Gasteiger partial charge in [-0.2, -0.15) is 0 Å². The second kappa shape index (κ2) is 7.58. The van der Waals surface area contributed by atoms with Crippen LogP contribution in [0.5, 0.6) is 5.75 Å². The molecule has 140 valence electrons. The third kappa shape index (κ3) is 3.65. The maximum absolute atomic E-state index is 12.8. The molecule has 0 saturated carbocycles. The van der Waals surface area contributed by atoms with E-state index in [0.29, 0.717) is 11.1 Å². The molecule has 3 aromatic carbocycles. The lowest BCUT2D eigenvalue weighted by Crippen LogP contribution is -2.14. The van der Waals surface area contributed by atoms with Gasteiger partial charge in [-0.05, 0) is 29.3 Å². The predicted molar refractivity (Wildman–Crippen MR) is 102 cm³/mol. The Morgan fingerprint density at radius 2 is 1.46 bits per heavy atom. The standard InChI is InChI=1S/C20H14N2O6/c23-18-11-12(22(27)28)9-10-17(18)21-19(24)15-7-3-1-5-13(15)14-6-2-4-8-16(14)20(25)26/h1-11,23H,(H,21,24)(H,25,26). The third-order valence-electron chi connectivity index (χ3n) is 4.06. The van der Waals surface area contributed by atoms with Crippen molar-refractivity contribution in [2.45, 2.75) is 0 Å². The number of nitrogens with one attached hydrogen (secondary N) is 1. The lowest BCUT2D eigenvalue weighted by molar-refractivity contribution is -0.384. The van der Waals surface area contributed by atoms with E-state index >= 15 is 0 Å². The molecule has 0 aliphatic rings. The summed E-state index contributed by atoms with van der Waals surface area (Å²) < 4.78 is 0. The van der Waals surface area contributed by atoms with Gasteiger partial charge >= 0.3 is 5.97 Å². The number of nitro benzene ring substituents is 1. The van der Waals surface area contributed by atoms with E-state index in [-0.39, 0.29) is 22.5 Å². The summed E-state index contributed by atoms with van der Waals surface area (Å²) >= 11 is 0. The van der Waals surface area contributed by atoms with Crippen molar-refractivity contribution < 1.29 is 24.7 Å². The summed E-state index contributed by atoms with van der Waals surface area (Å²) in [5.41, 5.74) is 0.686. The smallest absolute Gasteiger partial charge is 0.336 e. The SMILES string of the molecule is O=C(O)c1ccccc1-c1ccccc1C(=O)Nc1ccc([N+](=O)[O-])cc1O. The summed E-state index contributed by atoms with van der Waals surface area (Å²) in [6.07, 6.45) is 0. The van der Waals surface area contributed by atoms with E-state index in [9.17, 15) is 29.9 Å². The van der Waals surface area contributed by atoms with Crippen molar-refractivity contribution in [1.82, 2.24) is 0 Å². The van der Waals surface area contributed by atoms with Gasteiger partial charge in [0.2, 0.25) is 0 Å². The van der Waals surface area contributed by atoms with Gasteiger partial charge in [0.05, 0.1) is 22.2 Å². The van der Waals surface area contributed by atoms with Crippen molar-refractivity contribution in [1.29, 1.82) is 0 Å². The van der Waals surface area contributed by atoms with Crippen molar-refractivity contribution in [3.8, 4) is 16.9 Å². The van der Waals surface area contributed by atoms with E-state index in [4.69, 9.17) is 0 Å². The molecular weight excluding hydrogens is 364 g/mol. The zero-order valence-electron chi connectivity index (χ0n) is 14.3. The molecule has 0 unspecified atom stereocenters. The Kier molecular flexibility index (Phi) is 5.03. The molecule has 0 aromatic heterocycles. The highest BCUT2D eigenvalue weighted by atomic mass is 16.6. The van der Waals surface area contributed by atoms with Gasteiger partial charge in [-0.3, -0.25) is 14.9 Å². The fourth-order valence-electron chi connectivity index (χ4n) is 2.75. The van der Waals surface area contributed by atoms with Crippen molar-refractivity contribution >= 4 is 23.3 Å². The summed E-state index contributed by atoms with van der Waals surface area (Å²) in [6, 6.07) is 16.0. The summed E-state index contributed by atoms with van der Waals surface area (Å²) in [6.45, 7) is 0. The van der Waals surface area contributed by atoms with Gasteiger partial charge in [-0.25, -0.2) is 4.79 Å². The van der Waals surface area contributed by atoms with Crippen LogP contribution in [0.4, 0.5) is 11.4 Å². The summed E-state index contributed by atoms with van der Waals surface area (Å²) in [4.78, 5) is 34.4. The Morgan fingerprint density at radius 1 is 0.893 bits per heavy atom. The van der Waals surface area contributed by atoms with Crippen LogP contribution in [0, 0.1) is 10.1 Å². The number of aromatic hydroxyl groups is 1. The summed E-state index contributed by atoms with van der Waals surface area (Å²) in [5.74, 6) is -2.18. The average Bonchev–Trinajstić information content (AvgIpc) is 2.69. The van der Waals surface area contributed by atoms with Crippen molar-refractivity contribution in [2.24, 2.45) is 0 Å². The monoisotopic (exact) mass is 378 g/mol. The molecule has 28 heavy (non-hydrogen) atoms. The molecular formula is C20H14N2O6. The second-order valence-corrected chi connectivity index (χ2v) is 5.81. The van der Waals surface area contributed by atoms with Crippen LogP contribution in [0.15, 0.2) is 66.7 Å². The lowest BCUT2D eigenvalue weighted by Gasteiger charge is -2.13. The van der Waals surface area contributed by atoms with Crippen molar-refractivity contribution in [3.05, 3.63) is 88.0 Å². The summed E-state index contributed by atoms with van der Waals surface area (Å²) in [5, 5.41) is 32.6. The number of anilines is 1. The number of benzene rings is 3. The van der Waals surface area contributed by atoms with Crippen LogP contribution in [0.1, 0.15) is 20.7 Å². The molecule has 0 atom stereocenters. The number of nitro groups is 1. The molecule has 8 heteroatoms. The predicted octanol–water partition coefficient (Wildman–Crippen LogP) is 3.92. The van der Waals surface area contributed by atoms with Gasteiger partial charge in [0.15, 0.2) is 0 Å². The largest absolute Gasteiger partial charge is 0.506 e. The van der Waals surface area contributed by atoms with E-state index in [1.54, 1.807) is 36.4 Å². The summed E-state index contributed by atoms with van der Waals surface area (Å²) in [7, 11) is 0. The Balaban J connectivity index is 1.99. The molecule has 0 heterocycles. The molecule has 0 saturated heterocycles. The second-order valence-electron chi connectivity index (χ2n) is 5.81. The van der Waals surface area contributed by atoms with E-state index in [1.807, 2.05) is 0 Å². The minimum absolute atomic E-state index is 0.00285. The van der Waals surface area contributed by atoms with Crippen LogP contribution in [-0.4, -0.2) is 27.0 Å². The fourth-order valence-corrected chi connectivity index (χ4v) is 2.75. The molecule has 1 amide bonds. The quantitative estimate of drug-likeness (QED) is 0.350. The van der Waals surface area contributed by atoms with Gasteiger partial charge in [-0.1, -0.05) is 36.4 Å². The Bertz CT molecular complexity index is 1090. The minimum atomic E-state index is -1.13. The maximum Gasteiger partial charge on any atom is 0.336 e. The number of hydrogen-bond acceptors (Lipinski definition) is 5. The molecule has 8 nitrogen and oxygen atoms in total. The average molecular weight is 378 g/mol. The molecule has 0 aliphatic carbocycles. The number of rotatable bonds is 5. The van der Waals surface area contributed by atoms with Crippen LogP contribution < -0.4 is 5.32 Å². The first kappa shape index (κ1) is 18.6. The van der Waals surface area contributed by atoms with Crippen LogP contribution in [0.3, 0.4) is 0 Å². The third-order valence-corrected chi connectivity index (χ3v) is 4.06. The number of phenols is 1. The Labute approximate surface area is 158 Å². The number of carboxylic acids is 1. The molecule has 0 spiro atoms. The molecule has 0 bridgehead atoms. The van der Waals surface area contributed by atoms with Crippen LogP contribution in [0.2, 0.25) is 0 Å². The molecule has 0 radical (unpaired) electrons. The number of nitrogens with zero attached hydrogens (tertiary/aromatic N) is 1.